The number of allylic oxidation sites excluding steroid dienone is 1. The van der Waals surface area contributed by atoms with E-state index in [0.29, 0.717) is 43.5 Å². The molecule has 3 aliphatic heterocycles. The van der Waals surface area contributed by atoms with E-state index in [4.69, 9.17) is 23.4 Å². The molecule has 3 aliphatic rings. The number of carbonyl (C=O) groups excluding carboxylic acids is 1. The number of Topliss-reactive ketones (excluding diaryl/α,β-unsaturated/α-hetero) is 1. The molecule has 0 unspecified atom stereocenters. The van der Waals surface area contributed by atoms with Crippen molar-refractivity contribution < 1.29 is 28.2 Å². The van der Waals surface area contributed by atoms with Crippen LogP contribution in [0.4, 0.5) is 0 Å². The van der Waals surface area contributed by atoms with Gasteiger partial charge >= 0.3 is 0 Å². The molecule has 0 fully saturated rings. The molecule has 2 aromatic carbocycles. The summed E-state index contributed by atoms with van der Waals surface area (Å²) in [5, 5.41) is 0. The molecule has 4 heterocycles. The number of fused-ring (bicyclic) bond motifs is 4. The predicted molar refractivity (Wildman–Crippen MR) is 117 cm³/mol. The second-order valence-electron chi connectivity index (χ2n) is 7.79. The lowest BCUT2D eigenvalue weighted by Gasteiger charge is -2.29. The zero-order valence-electron chi connectivity index (χ0n) is 16.9. The first kappa shape index (κ1) is 19.6. The Labute approximate surface area is 192 Å². The van der Waals surface area contributed by atoms with E-state index in [-0.39, 0.29) is 18.3 Å². The molecule has 1 aromatic heterocycles. The molecular weight excluding hydrogens is 478 g/mol. The summed E-state index contributed by atoms with van der Waals surface area (Å²) in [7, 11) is 0. The minimum absolute atomic E-state index is 0.160. The molecule has 8 heteroatoms. The third-order valence-electron chi connectivity index (χ3n) is 5.63. The van der Waals surface area contributed by atoms with Crippen molar-refractivity contribution in [1.29, 1.82) is 0 Å². The van der Waals surface area contributed by atoms with Crippen molar-refractivity contribution in [3.8, 4) is 17.2 Å². The van der Waals surface area contributed by atoms with Crippen LogP contribution in [0.5, 0.6) is 17.2 Å². The van der Waals surface area contributed by atoms with Crippen LogP contribution >= 0.6 is 15.9 Å². The van der Waals surface area contributed by atoms with Gasteiger partial charge in [-0.3, -0.25) is 9.69 Å². The van der Waals surface area contributed by atoms with Crippen LogP contribution in [0.25, 0.3) is 6.08 Å². The number of benzene rings is 2. The molecule has 3 aromatic rings. The van der Waals surface area contributed by atoms with E-state index in [1.807, 2.05) is 30.3 Å². The van der Waals surface area contributed by atoms with Crippen LogP contribution in [0.15, 0.2) is 57.3 Å². The first-order chi connectivity index (χ1) is 15.7. The molecule has 7 nitrogen and oxygen atoms in total. The summed E-state index contributed by atoms with van der Waals surface area (Å²) in [6, 6.07) is 11.2. The number of furan rings is 1. The average Bonchev–Trinajstić information content (AvgIpc) is 3.42. The lowest BCUT2D eigenvalue weighted by Crippen LogP contribution is -2.31. The molecule has 6 rings (SSSR count). The number of ether oxygens (including phenoxy) is 4. The molecule has 0 radical (unpaired) electrons. The Bertz CT molecular complexity index is 1250. The molecule has 0 bridgehead atoms. The van der Waals surface area contributed by atoms with Gasteiger partial charge in [-0.25, -0.2) is 0 Å². The third kappa shape index (κ3) is 3.40. The fraction of sp³-hybridized carbons (Fsp3) is 0.208. The molecule has 162 valence electrons. The molecule has 0 amide bonds. The molecule has 0 saturated carbocycles. The van der Waals surface area contributed by atoms with Gasteiger partial charge in [-0.1, -0.05) is 15.9 Å². The van der Waals surface area contributed by atoms with E-state index >= 15 is 0 Å². The number of rotatable bonds is 3. The summed E-state index contributed by atoms with van der Waals surface area (Å²) in [4.78, 5) is 15.2. The topological polar surface area (TPSA) is 70.4 Å². The SMILES string of the molecule is O=C1/C(=C/c2cc(Br)cc3c2OCOC3)Oc2c1ccc1c2CN(Cc2ccco2)CO1. The zero-order valence-corrected chi connectivity index (χ0v) is 18.5. The summed E-state index contributed by atoms with van der Waals surface area (Å²) in [6.07, 6.45) is 3.38. The van der Waals surface area contributed by atoms with Gasteiger partial charge in [0.1, 0.15) is 29.7 Å². The Morgan fingerprint density at radius 3 is 2.94 bits per heavy atom. The minimum Gasteiger partial charge on any atom is -0.478 e. The van der Waals surface area contributed by atoms with E-state index in [9.17, 15) is 4.79 Å². The van der Waals surface area contributed by atoms with Crippen molar-refractivity contribution in [2.24, 2.45) is 0 Å². The summed E-state index contributed by atoms with van der Waals surface area (Å²) in [5.74, 6) is 2.93. The minimum atomic E-state index is -0.160. The lowest BCUT2D eigenvalue weighted by molar-refractivity contribution is -0.0165. The fourth-order valence-electron chi connectivity index (χ4n) is 4.19. The molecule has 0 aliphatic carbocycles. The quantitative estimate of drug-likeness (QED) is 0.479. The maximum atomic E-state index is 13.1. The summed E-state index contributed by atoms with van der Waals surface area (Å²) < 4.78 is 29.4. The summed E-state index contributed by atoms with van der Waals surface area (Å²) >= 11 is 3.52. The maximum Gasteiger partial charge on any atom is 0.231 e. The number of ketones is 1. The second kappa shape index (κ2) is 7.81. The van der Waals surface area contributed by atoms with Crippen LogP contribution in [0.3, 0.4) is 0 Å². The molecule has 0 N–H and O–H groups in total. The normalized spacial score (nSPS) is 18.4. The van der Waals surface area contributed by atoms with Gasteiger partial charge < -0.3 is 23.4 Å². The Balaban J connectivity index is 1.33. The number of hydrogen-bond donors (Lipinski definition) is 0. The van der Waals surface area contributed by atoms with Crippen molar-refractivity contribution in [3.05, 3.63) is 80.9 Å². The van der Waals surface area contributed by atoms with E-state index in [0.717, 1.165) is 32.7 Å². The first-order valence-electron chi connectivity index (χ1n) is 10.2. The number of hydrogen-bond acceptors (Lipinski definition) is 7. The monoisotopic (exact) mass is 495 g/mol. The van der Waals surface area contributed by atoms with Gasteiger partial charge in [-0.15, -0.1) is 0 Å². The van der Waals surface area contributed by atoms with Crippen LogP contribution < -0.4 is 14.2 Å². The fourth-order valence-corrected chi connectivity index (χ4v) is 4.71. The van der Waals surface area contributed by atoms with Gasteiger partial charge in [-0.05, 0) is 42.5 Å². The standard InChI is InChI=1S/C24H18BrNO6/c25-16-6-14(23-15(7-16)11-28-13-31-23)8-21-22(27)18-3-4-20-19(24(18)32-21)10-26(12-30-20)9-17-2-1-5-29-17/h1-8H,9-13H2/b21-8-. The van der Waals surface area contributed by atoms with Crippen molar-refractivity contribution in [2.75, 3.05) is 13.5 Å². The highest BCUT2D eigenvalue weighted by Gasteiger charge is 2.34. The molecule has 0 spiro atoms. The average molecular weight is 496 g/mol. The highest BCUT2D eigenvalue weighted by atomic mass is 79.9. The third-order valence-corrected chi connectivity index (χ3v) is 6.09. The van der Waals surface area contributed by atoms with E-state index in [1.165, 1.54) is 0 Å². The van der Waals surface area contributed by atoms with Crippen molar-refractivity contribution in [2.45, 2.75) is 19.7 Å². The number of halogens is 1. The van der Waals surface area contributed by atoms with E-state index < -0.39 is 0 Å². The first-order valence-corrected chi connectivity index (χ1v) is 11.0. The van der Waals surface area contributed by atoms with Crippen LogP contribution in [-0.4, -0.2) is 24.2 Å². The van der Waals surface area contributed by atoms with Gasteiger partial charge in [0.15, 0.2) is 12.6 Å². The Hall–Kier alpha value is -3.07. The highest BCUT2D eigenvalue weighted by molar-refractivity contribution is 9.10. The molecule has 0 saturated heterocycles. The second-order valence-corrected chi connectivity index (χ2v) is 8.71. The van der Waals surface area contributed by atoms with Gasteiger partial charge in [0.05, 0.1) is 30.5 Å². The van der Waals surface area contributed by atoms with Gasteiger partial charge in [0, 0.05) is 22.1 Å². The highest BCUT2D eigenvalue weighted by Crippen LogP contribution is 2.43. The predicted octanol–water partition coefficient (Wildman–Crippen LogP) is 4.88. The molecule has 32 heavy (non-hydrogen) atoms. The molecular formula is C24H18BrNO6. The van der Waals surface area contributed by atoms with Crippen molar-refractivity contribution >= 4 is 27.8 Å². The van der Waals surface area contributed by atoms with Crippen LogP contribution in [0, 0.1) is 0 Å². The zero-order chi connectivity index (χ0) is 21.7. The Morgan fingerprint density at radius 2 is 2.06 bits per heavy atom. The van der Waals surface area contributed by atoms with Gasteiger partial charge in [0.25, 0.3) is 0 Å². The Kier molecular flexibility index (Phi) is 4.78. The number of carbonyl (C=O) groups is 1. The van der Waals surface area contributed by atoms with Crippen LogP contribution in [0.1, 0.15) is 32.8 Å². The van der Waals surface area contributed by atoms with Crippen molar-refractivity contribution in [1.82, 2.24) is 4.90 Å². The van der Waals surface area contributed by atoms with Crippen LogP contribution in [0.2, 0.25) is 0 Å². The van der Waals surface area contributed by atoms with E-state index in [1.54, 1.807) is 18.4 Å². The van der Waals surface area contributed by atoms with Gasteiger partial charge in [0.2, 0.25) is 5.78 Å². The largest absolute Gasteiger partial charge is 0.478 e. The van der Waals surface area contributed by atoms with E-state index in [2.05, 4.69) is 20.8 Å². The van der Waals surface area contributed by atoms with Gasteiger partial charge in [-0.2, -0.15) is 0 Å². The summed E-state index contributed by atoms with van der Waals surface area (Å²) in [5.41, 5.74) is 3.07. The molecule has 0 atom stereocenters. The summed E-state index contributed by atoms with van der Waals surface area (Å²) in [6.45, 7) is 2.27. The Morgan fingerprint density at radius 1 is 1.12 bits per heavy atom. The lowest BCUT2D eigenvalue weighted by atomic mass is 10.0. The van der Waals surface area contributed by atoms with Crippen LogP contribution in [-0.2, 0) is 24.4 Å². The van der Waals surface area contributed by atoms with Crippen molar-refractivity contribution in [3.63, 3.8) is 0 Å². The maximum absolute atomic E-state index is 13.1. The number of nitrogens with zero attached hydrogens (tertiary/aromatic N) is 1. The smallest absolute Gasteiger partial charge is 0.231 e.